The van der Waals surface area contributed by atoms with Gasteiger partial charge in [-0.1, -0.05) is 13.8 Å². The average Bonchev–Trinajstić information content (AvgIpc) is 2.81. The van der Waals surface area contributed by atoms with E-state index in [1.807, 2.05) is 11.5 Å². The topological polar surface area (TPSA) is 77.8 Å². The lowest BCUT2D eigenvalue weighted by molar-refractivity contribution is 0.0694. The molecule has 0 saturated carbocycles. The third-order valence-electron chi connectivity index (χ3n) is 5.57. The summed E-state index contributed by atoms with van der Waals surface area (Å²) in [5.41, 5.74) is 3.22. The van der Waals surface area contributed by atoms with Crippen LogP contribution in [0, 0.1) is 12.8 Å². The number of carboxylic acid groups (broad SMARTS) is 1. The lowest BCUT2D eigenvalue weighted by Gasteiger charge is -2.25. The quantitative estimate of drug-likeness (QED) is 0.710. The number of aromatic carboxylic acids is 1. The number of hydrogen-bond donors (Lipinski definition) is 1. The number of aromatic nitrogens is 1. The molecule has 1 aromatic carbocycles. The molecule has 1 N–H and O–H groups in total. The van der Waals surface area contributed by atoms with Gasteiger partial charge in [0.25, 0.3) is 0 Å². The number of ether oxygens (including phenoxy) is 2. The lowest BCUT2D eigenvalue weighted by Crippen LogP contribution is -2.23. The molecular weight excluding hydrogens is 370 g/mol. The first-order chi connectivity index (χ1) is 13.8. The number of benzene rings is 1. The summed E-state index contributed by atoms with van der Waals surface area (Å²) in [5, 5.41) is 9.42. The van der Waals surface area contributed by atoms with E-state index in [1.165, 1.54) is 12.3 Å². The van der Waals surface area contributed by atoms with E-state index in [0.29, 0.717) is 19.1 Å². The van der Waals surface area contributed by atoms with Gasteiger partial charge >= 0.3 is 5.97 Å². The van der Waals surface area contributed by atoms with Gasteiger partial charge in [0.15, 0.2) is 5.43 Å². The monoisotopic (exact) mass is 399 g/mol. The van der Waals surface area contributed by atoms with Crippen LogP contribution in [0.2, 0.25) is 0 Å². The van der Waals surface area contributed by atoms with E-state index in [2.05, 4.69) is 26.0 Å². The number of nitrogens with zero attached hydrogens (tertiary/aromatic N) is 1. The molecule has 1 aliphatic rings. The first-order valence-electron chi connectivity index (χ1n) is 10.1. The summed E-state index contributed by atoms with van der Waals surface area (Å²) in [6.45, 7) is 7.48. The molecular formula is C23H29NO5. The molecule has 0 amide bonds. The molecule has 0 fully saturated rings. The zero-order valence-corrected chi connectivity index (χ0v) is 17.5. The summed E-state index contributed by atoms with van der Waals surface area (Å²) in [7, 11) is 1.67. The van der Waals surface area contributed by atoms with E-state index in [-0.39, 0.29) is 11.6 Å². The molecule has 6 heteroatoms. The minimum Gasteiger partial charge on any atom is -0.493 e. The second-order valence-corrected chi connectivity index (χ2v) is 7.97. The van der Waals surface area contributed by atoms with Gasteiger partial charge in [0.1, 0.15) is 11.3 Å². The maximum atomic E-state index is 12.5. The molecule has 0 spiro atoms. The van der Waals surface area contributed by atoms with Gasteiger partial charge in [-0.25, -0.2) is 4.79 Å². The fourth-order valence-electron chi connectivity index (χ4n) is 4.01. The van der Waals surface area contributed by atoms with Gasteiger partial charge in [0, 0.05) is 44.0 Å². The molecule has 0 bridgehead atoms. The van der Waals surface area contributed by atoms with Crippen molar-refractivity contribution in [1.29, 1.82) is 0 Å². The van der Waals surface area contributed by atoms with Crippen LogP contribution in [0.4, 0.5) is 0 Å². The molecule has 0 radical (unpaired) electrons. The van der Waals surface area contributed by atoms with Crippen molar-refractivity contribution in [3.05, 3.63) is 51.3 Å². The van der Waals surface area contributed by atoms with Crippen LogP contribution in [0.5, 0.6) is 5.75 Å². The highest BCUT2D eigenvalue weighted by Gasteiger charge is 2.26. The van der Waals surface area contributed by atoms with Gasteiger partial charge in [-0.2, -0.15) is 0 Å². The van der Waals surface area contributed by atoms with Gasteiger partial charge in [-0.05, 0) is 48.9 Å². The number of pyridine rings is 1. The van der Waals surface area contributed by atoms with Gasteiger partial charge < -0.3 is 19.1 Å². The van der Waals surface area contributed by atoms with Crippen molar-refractivity contribution < 1.29 is 19.4 Å². The van der Waals surface area contributed by atoms with Crippen molar-refractivity contribution in [1.82, 2.24) is 4.57 Å². The SMILES string of the molecule is COCCCOc1cc2c(cc1C)-c1cc(=O)c(C(=O)O)cn1C(C(C)C)CC2. The van der Waals surface area contributed by atoms with Crippen LogP contribution in [-0.2, 0) is 11.2 Å². The molecule has 1 unspecified atom stereocenters. The van der Waals surface area contributed by atoms with Crippen molar-refractivity contribution in [2.24, 2.45) is 5.92 Å². The van der Waals surface area contributed by atoms with E-state index in [9.17, 15) is 14.7 Å². The van der Waals surface area contributed by atoms with Crippen LogP contribution in [0.3, 0.4) is 0 Å². The van der Waals surface area contributed by atoms with Crippen molar-refractivity contribution in [3.8, 4) is 17.0 Å². The van der Waals surface area contributed by atoms with Crippen molar-refractivity contribution in [2.45, 2.75) is 46.1 Å². The number of aryl methyl sites for hydroxylation is 2. The van der Waals surface area contributed by atoms with Crippen LogP contribution in [0.15, 0.2) is 29.2 Å². The number of methoxy groups -OCH3 is 1. The summed E-state index contributed by atoms with van der Waals surface area (Å²) in [6, 6.07) is 5.71. The van der Waals surface area contributed by atoms with Gasteiger partial charge in [0.05, 0.1) is 12.3 Å². The molecule has 29 heavy (non-hydrogen) atoms. The van der Waals surface area contributed by atoms with E-state index in [0.717, 1.165) is 47.4 Å². The minimum absolute atomic E-state index is 0.113. The number of carboxylic acids is 1. The van der Waals surface area contributed by atoms with Crippen LogP contribution in [0.25, 0.3) is 11.3 Å². The van der Waals surface area contributed by atoms with Crippen LogP contribution < -0.4 is 10.2 Å². The summed E-state index contributed by atoms with van der Waals surface area (Å²) >= 11 is 0. The Morgan fingerprint density at radius 3 is 2.69 bits per heavy atom. The smallest absolute Gasteiger partial charge is 0.341 e. The molecule has 6 nitrogen and oxygen atoms in total. The zero-order chi connectivity index (χ0) is 21.1. The maximum absolute atomic E-state index is 12.5. The van der Waals surface area contributed by atoms with E-state index >= 15 is 0 Å². The molecule has 3 rings (SSSR count). The molecule has 2 heterocycles. The standard InChI is InChI=1S/C23H29NO5/c1-14(2)19-7-6-16-11-22(29-9-5-8-28-4)15(3)10-17(16)20-12-21(25)18(23(26)27)13-24(19)20/h10-14,19H,5-9H2,1-4H3,(H,26,27). The Labute approximate surface area is 171 Å². The first kappa shape index (κ1) is 21.1. The van der Waals surface area contributed by atoms with Gasteiger partial charge in [-0.15, -0.1) is 0 Å². The van der Waals surface area contributed by atoms with Crippen LogP contribution in [0.1, 0.15) is 54.2 Å². The maximum Gasteiger partial charge on any atom is 0.341 e. The molecule has 1 aliphatic heterocycles. The summed E-state index contributed by atoms with van der Waals surface area (Å²) in [6.07, 6.45) is 4.04. The van der Waals surface area contributed by atoms with E-state index in [4.69, 9.17) is 9.47 Å². The van der Waals surface area contributed by atoms with E-state index in [1.54, 1.807) is 7.11 Å². The predicted molar refractivity (Wildman–Crippen MR) is 112 cm³/mol. The Balaban J connectivity index is 2.09. The second-order valence-electron chi connectivity index (χ2n) is 7.97. The largest absolute Gasteiger partial charge is 0.493 e. The lowest BCUT2D eigenvalue weighted by atomic mass is 9.95. The molecule has 1 aromatic heterocycles. The Morgan fingerprint density at radius 1 is 1.28 bits per heavy atom. The molecule has 0 aliphatic carbocycles. The fraction of sp³-hybridized carbons (Fsp3) is 0.478. The summed E-state index contributed by atoms with van der Waals surface area (Å²) < 4.78 is 13.0. The van der Waals surface area contributed by atoms with Crippen molar-refractivity contribution in [2.75, 3.05) is 20.3 Å². The Hall–Kier alpha value is -2.60. The second kappa shape index (κ2) is 8.82. The molecule has 1 atom stereocenters. The highest BCUT2D eigenvalue weighted by molar-refractivity contribution is 5.87. The molecule has 2 aromatic rings. The van der Waals surface area contributed by atoms with Crippen LogP contribution in [-0.4, -0.2) is 36.0 Å². The van der Waals surface area contributed by atoms with Crippen molar-refractivity contribution >= 4 is 5.97 Å². The number of hydrogen-bond acceptors (Lipinski definition) is 4. The summed E-state index contributed by atoms with van der Waals surface area (Å²) in [5.74, 6) is -0.0368. The number of fused-ring (bicyclic) bond motifs is 3. The van der Waals surface area contributed by atoms with Crippen LogP contribution >= 0.6 is 0 Å². The van der Waals surface area contributed by atoms with Gasteiger partial charge in [0.2, 0.25) is 0 Å². The number of carbonyl (C=O) groups is 1. The highest BCUT2D eigenvalue weighted by atomic mass is 16.5. The Kier molecular flexibility index (Phi) is 6.42. The highest BCUT2D eigenvalue weighted by Crippen LogP contribution is 2.38. The average molecular weight is 399 g/mol. The Bertz CT molecular complexity index is 960. The summed E-state index contributed by atoms with van der Waals surface area (Å²) in [4.78, 5) is 24.0. The molecule has 0 saturated heterocycles. The minimum atomic E-state index is -1.19. The third-order valence-corrected chi connectivity index (χ3v) is 5.57. The third kappa shape index (κ3) is 4.37. The first-order valence-corrected chi connectivity index (χ1v) is 10.1. The number of rotatable bonds is 7. The van der Waals surface area contributed by atoms with E-state index < -0.39 is 11.4 Å². The predicted octanol–water partition coefficient (Wildman–Crippen LogP) is 4.08. The molecule has 156 valence electrons. The zero-order valence-electron chi connectivity index (χ0n) is 17.5. The Morgan fingerprint density at radius 2 is 2.03 bits per heavy atom. The fourth-order valence-corrected chi connectivity index (χ4v) is 4.01. The normalized spacial score (nSPS) is 15.6. The van der Waals surface area contributed by atoms with Gasteiger partial charge in [-0.3, -0.25) is 4.79 Å². The van der Waals surface area contributed by atoms with Crippen molar-refractivity contribution in [3.63, 3.8) is 0 Å².